The first-order chi connectivity index (χ1) is 12.1. The molecule has 7 heteroatoms. The number of piperidine rings is 1. The van der Waals surface area contributed by atoms with Crippen molar-refractivity contribution in [2.45, 2.75) is 38.8 Å². The Morgan fingerprint density at radius 2 is 2.12 bits per heavy atom. The molecule has 1 aliphatic heterocycles. The average molecular weight is 341 g/mol. The molecule has 2 aromatic heterocycles. The Balaban J connectivity index is 1.75. The van der Waals surface area contributed by atoms with Crippen LogP contribution in [0.4, 0.5) is 0 Å². The fourth-order valence-electron chi connectivity index (χ4n) is 3.19. The van der Waals surface area contributed by atoms with Crippen molar-refractivity contribution in [2.75, 3.05) is 13.6 Å². The summed E-state index contributed by atoms with van der Waals surface area (Å²) < 4.78 is 1.90. The third-order valence-electron chi connectivity index (χ3n) is 4.52. The van der Waals surface area contributed by atoms with E-state index in [4.69, 9.17) is 0 Å². The molecular weight excluding hydrogens is 318 g/mol. The van der Waals surface area contributed by atoms with Crippen LogP contribution in [0.2, 0.25) is 0 Å². The van der Waals surface area contributed by atoms with Gasteiger partial charge >= 0.3 is 0 Å². The zero-order valence-corrected chi connectivity index (χ0v) is 14.6. The van der Waals surface area contributed by atoms with Crippen molar-refractivity contribution in [1.29, 1.82) is 0 Å². The summed E-state index contributed by atoms with van der Waals surface area (Å²) in [5, 5.41) is 6.86. The van der Waals surface area contributed by atoms with Crippen LogP contribution >= 0.6 is 0 Å². The lowest BCUT2D eigenvalue weighted by Crippen LogP contribution is -2.46. The van der Waals surface area contributed by atoms with Crippen LogP contribution in [-0.2, 0) is 6.54 Å². The molecular formula is C18H23N5O2. The number of nitrogens with one attached hydrogen (secondary N) is 1. The summed E-state index contributed by atoms with van der Waals surface area (Å²) in [6.07, 6.45) is 8.39. The van der Waals surface area contributed by atoms with Crippen LogP contribution in [-0.4, -0.2) is 51.1 Å². The van der Waals surface area contributed by atoms with Crippen molar-refractivity contribution in [3.05, 3.63) is 47.5 Å². The molecule has 3 rings (SSSR count). The van der Waals surface area contributed by atoms with E-state index in [1.807, 2.05) is 28.9 Å². The molecule has 0 spiro atoms. The normalized spacial score (nSPS) is 17.4. The van der Waals surface area contributed by atoms with Crippen LogP contribution < -0.4 is 5.32 Å². The molecule has 0 unspecified atom stereocenters. The van der Waals surface area contributed by atoms with E-state index in [1.165, 1.54) is 6.20 Å². The Morgan fingerprint density at radius 1 is 1.28 bits per heavy atom. The fraction of sp³-hybridized carbons (Fsp3) is 0.444. The van der Waals surface area contributed by atoms with E-state index in [2.05, 4.69) is 15.4 Å². The number of likely N-dealkylation sites (tertiary alicyclic amines) is 1. The quantitative estimate of drug-likeness (QED) is 0.917. The van der Waals surface area contributed by atoms with Gasteiger partial charge in [-0.25, -0.2) is 0 Å². The molecule has 0 radical (unpaired) electrons. The van der Waals surface area contributed by atoms with Gasteiger partial charge < -0.3 is 10.2 Å². The van der Waals surface area contributed by atoms with E-state index in [-0.39, 0.29) is 17.9 Å². The number of aromatic nitrogens is 3. The highest BCUT2D eigenvalue weighted by atomic mass is 16.2. The van der Waals surface area contributed by atoms with Crippen LogP contribution in [0.5, 0.6) is 0 Å². The van der Waals surface area contributed by atoms with Gasteiger partial charge in [-0.3, -0.25) is 19.3 Å². The fourth-order valence-corrected chi connectivity index (χ4v) is 3.19. The third kappa shape index (κ3) is 3.87. The SMILES string of the molecule is CNC(=O)c1ccc(C(=O)N2CCCC[C@@H]2Cn2cc(C)cn2)cn1. The number of hydrogen-bond donors (Lipinski definition) is 1. The molecule has 1 N–H and O–H groups in total. The summed E-state index contributed by atoms with van der Waals surface area (Å²) in [6.45, 7) is 3.44. The molecule has 0 saturated carbocycles. The van der Waals surface area contributed by atoms with Gasteiger partial charge in [-0.2, -0.15) is 5.10 Å². The van der Waals surface area contributed by atoms with Crippen molar-refractivity contribution in [3.8, 4) is 0 Å². The minimum absolute atomic E-state index is 0.0375. The number of pyridine rings is 1. The maximum Gasteiger partial charge on any atom is 0.269 e. The molecule has 0 aliphatic carbocycles. The number of amides is 2. The van der Waals surface area contributed by atoms with Gasteiger partial charge in [-0.15, -0.1) is 0 Å². The first-order valence-electron chi connectivity index (χ1n) is 8.56. The number of carbonyl (C=O) groups excluding carboxylic acids is 2. The highest BCUT2D eigenvalue weighted by molar-refractivity contribution is 5.96. The molecule has 1 fully saturated rings. The lowest BCUT2D eigenvalue weighted by atomic mass is 10.0. The second-order valence-corrected chi connectivity index (χ2v) is 6.40. The molecule has 1 saturated heterocycles. The number of carbonyl (C=O) groups is 2. The number of aryl methyl sites for hydroxylation is 1. The van der Waals surface area contributed by atoms with Gasteiger partial charge in [-0.1, -0.05) is 0 Å². The molecule has 7 nitrogen and oxygen atoms in total. The van der Waals surface area contributed by atoms with Crippen molar-refractivity contribution in [3.63, 3.8) is 0 Å². The lowest BCUT2D eigenvalue weighted by Gasteiger charge is -2.35. The van der Waals surface area contributed by atoms with Crippen LogP contribution in [0.3, 0.4) is 0 Å². The minimum Gasteiger partial charge on any atom is -0.354 e. The average Bonchev–Trinajstić information content (AvgIpc) is 3.06. The van der Waals surface area contributed by atoms with Crippen molar-refractivity contribution in [2.24, 2.45) is 0 Å². The second-order valence-electron chi connectivity index (χ2n) is 6.40. The van der Waals surface area contributed by atoms with Gasteiger partial charge in [0, 0.05) is 26.0 Å². The Labute approximate surface area is 147 Å². The molecule has 25 heavy (non-hydrogen) atoms. The van der Waals surface area contributed by atoms with E-state index in [0.717, 1.165) is 31.4 Å². The Bertz CT molecular complexity index is 753. The topological polar surface area (TPSA) is 80.1 Å². The number of rotatable bonds is 4. The summed E-state index contributed by atoms with van der Waals surface area (Å²) in [5.74, 6) is -0.298. The van der Waals surface area contributed by atoms with Crippen molar-refractivity contribution >= 4 is 11.8 Å². The van der Waals surface area contributed by atoms with Gasteiger partial charge in [-0.05, 0) is 43.9 Å². The molecule has 132 valence electrons. The van der Waals surface area contributed by atoms with Gasteiger partial charge in [0.2, 0.25) is 0 Å². The zero-order valence-electron chi connectivity index (χ0n) is 14.6. The molecule has 0 aromatic carbocycles. The number of hydrogen-bond acceptors (Lipinski definition) is 4. The second kappa shape index (κ2) is 7.46. The Morgan fingerprint density at radius 3 is 2.76 bits per heavy atom. The first kappa shape index (κ1) is 17.1. The Hall–Kier alpha value is -2.70. The van der Waals surface area contributed by atoms with Gasteiger partial charge in [0.1, 0.15) is 5.69 Å². The monoisotopic (exact) mass is 341 g/mol. The summed E-state index contributed by atoms with van der Waals surface area (Å²) in [5.41, 5.74) is 1.93. The highest BCUT2D eigenvalue weighted by Gasteiger charge is 2.28. The Kier molecular flexibility index (Phi) is 5.11. The van der Waals surface area contributed by atoms with Crippen molar-refractivity contribution in [1.82, 2.24) is 25.0 Å². The van der Waals surface area contributed by atoms with E-state index in [0.29, 0.717) is 17.8 Å². The van der Waals surface area contributed by atoms with Gasteiger partial charge in [0.05, 0.1) is 24.3 Å². The lowest BCUT2D eigenvalue weighted by molar-refractivity contribution is 0.0583. The minimum atomic E-state index is -0.260. The predicted octanol–water partition coefficient (Wildman–Crippen LogP) is 1.64. The summed E-state index contributed by atoms with van der Waals surface area (Å²) in [6, 6.07) is 3.38. The van der Waals surface area contributed by atoms with Crippen LogP contribution in [0, 0.1) is 6.92 Å². The highest BCUT2D eigenvalue weighted by Crippen LogP contribution is 2.21. The maximum atomic E-state index is 12.9. The molecule has 3 heterocycles. The predicted molar refractivity (Wildman–Crippen MR) is 93.3 cm³/mol. The first-order valence-corrected chi connectivity index (χ1v) is 8.56. The standard InChI is InChI=1S/C18H23N5O2/c1-13-9-21-22(11-13)12-15-5-3-4-8-23(15)18(25)14-6-7-16(20-10-14)17(24)19-2/h6-7,9-11,15H,3-5,8,12H2,1-2H3,(H,19,24)/t15-/m1/s1. The smallest absolute Gasteiger partial charge is 0.269 e. The molecule has 1 aliphatic rings. The summed E-state index contributed by atoms with van der Waals surface area (Å²) >= 11 is 0. The molecule has 1 atom stereocenters. The molecule has 0 bridgehead atoms. The summed E-state index contributed by atoms with van der Waals surface area (Å²) in [4.78, 5) is 30.5. The molecule has 2 amide bonds. The van der Waals surface area contributed by atoms with Crippen molar-refractivity contribution < 1.29 is 9.59 Å². The third-order valence-corrected chi connectivity index (χ3v) is 4.52. The van der Waals surface area contributed by atoms with Crippen LogP contribution in [0.1, 0.15) is 45.7 Å². The molecule has 2 aromatic rings. The van der Waals surface area contributed by atoms with E-state index in [1.54, 1.807) is 19.2 Å². The number of nitrogens with zero attached hydrogens (tertiary/aromatic N) is 4. The zero-order chi connectivity index (χ0) is 17.8. The van der Waals surface area contributed by atoms with Crippen LogP contribution in [0.25, 0.3) is 0 Å². The van der Waals surface area contributed by atoms with Gasteiger partial charge in [0.15, 0.2) is 0 Å². The van der Waals surface area contributed by atoms with Crippen LogP contribution in [0.15, 0.2) is 30.7 Å². The van der Waals surface area contributed by atoms with E-state index >= 15 is 0 Å². The largest absolute Gasteiger partial charge is 0.354 e. The maximum absolute atomic E-state index is 12.9. The van der Waals surface area contributed by atoms with E-state index < -0.39 is 0 Å². The van der Waals surface area contributed by atoms with Gasteiger partial charge in [0.25, 0.3) is 11.8 Å². The van der Waals surface area contributed by atoms with E-state index in [9.17, 15) is 9.59 Å². The summed E-state index contributed by atoms with van der Waals surface area (Å²) in [7, 11) is 1.55.